The highest BCUT2D eigenvalue weighted by atomic mass is 16.2. The van der Waals surface area contributed by atoms with Gasteiger partial charge in [0.05, 0.1) is 22.9 Å². The highest BCUT2D eigenvalue weighted by molar-refractivity contribution is 6.36. The number of anilines is 1. The van der Waals surface area contributed by atoms with Crippen LogP contribution in [-0.4, -0.2) is 34.4 Å². The zero-order valence-electron chi connectivity index (χ0n) is 21.2. The molecule has 0 radical (unpaired) electrons. The average Bonchev–Trinajstić information content (AvgIpc) is 3.71. The van der Waals surface area contributed by atoms with Gasteiger partial charge in [-0.25, -0.2) is 4.90 Å². The molecule has 5 aromatic carbocycles. The van der Waals surface area contributed by atoms with Crippen molar-refractivity contribution in [3.63, 3.8) is 0 Å². The van der Waals surface area contributed by atoms with E-state index in [0.717, 1.165) is 16.3 Å². The molecule has 2 heterocycles. The lowest BCUT2D eigenvalue weighted by Crippen LogP contribution is -2.29. The number of hydrogen-bond acceptors (Lipinski definition) is 4. The lowest BCUT2D eigenvalue weighted by molar-refractivity contribution is 0.0833. The number of Topliss-reactive ketones (excluding diaryl/α,β-unsaturated/α-hetero) is 1. The molecule has 0 N–H and O–H groups in total. The van der Waals surface area contributed by atoms with Crippen LogP contribution in [0.2, 0.25) is 0 Å². The molecule has 0 aliphatic carbocycles. The van der Waals surface area contributed by atoms with Crippen molar-refractivity contribution in [1.29, 1.82) is 0 Å². The van der Waals surface area contributed by atoms with Gasteiger partial charge in [-0.05, 0) is 35.2 Å². The summed E-state index contributed by atoms with van der Waals surface area (Å²) in [6, 6.07) is 34.9. The van der Waals surface area contributed by atoms with Gasteiger partial charge < -0.3 is 4.90 Å². The summed E-state index contributed by atoms with van der Waals surface area (Å²) in [5.74, 6) is -1.41. The fourth-order valence-electron chi connectivity index (χ4n) is 5.66. The molecule has 6 heteroatoms. The number of rotatable bonds is 5. The molecule has 40 heavy (non-hydrogen) atoms. The molecule has 7 rings (SSSR count). The Bertz CT molecular complexity index is 1840. The molecule has 3 amide bonds. The maximum absolute atomic E-state index is 13.8. The van der Waals surface area contributed by atoms with E-state index < -0.39 is 23.9 Å². The molecule has 2 aliphatic rings. The largest absolute Gasteiger partial charge is 0.316 e. The molecule has 2 atom stereocenters. The molecular weight excluding hydrogens is 500 g/mol. The Labute approximate surface area is 230 Å². The van der Waals surface area contributed by atoms with E-state index in [4.69, 9.17) is 0 Å². The maximum atomic E-state index is 13.8. The van der Waals surface area contributed by atoms with Crippen molar-refractivity contribution < 1.29 is 19.2 Å². The minimum absolute atomic E-state index is 0.141. The Kier molecular flexibility index (Phi) is 5.42. The van der Waals surface area contributed by atoms with Crippen LogP contribution >= 0.6 is 0 Å². The van der Waals surface area contributed by atoms with Gasteiger partial charge in [0.1, 0.15) is 6.04 Å². The highest BCUT2D eigenvalue weighted by Gasteiger charge is 2.56. The van der Waals surface area contributed by atoms with Crippen LogP contribution in [0.4, 0.5) is 5.69 Å². The molecule has 5 aromatic rings. The number of nitrogens with zero attached hydrogens (tertiary/aromatic N) is 2. The van der Waals surface area contributed by atoms with Crippen LogP contribution < -0.4 is 4.90 Å². The molecule has 0 bridgehead atoms. The van der Waals surface area contributed by atoms with Crippen LogP contribution in [0.25, 0.3) is 10.8 Å². The van der Waals surface area contributed by atoms with Gasteiger partial charge in [0.25, 0.3) is 17.7 Å². The molecular formula is C34H22N2O4. The van der Waals surface area contributed by atoms with Gasteiger partial charge in [-0.1, -0.05) is 97.1 Å². The number of amides is 3. The van der Waals surface area contributed by atoms with Gasteiger partial charge in [-0.3, -0.25) is 19.2 Å². The standard InChI is InChI=1S/C34H22N2O4/c37-31(23-13-5-2-6-14-23)30-29(22-11-3-1-4-12-22)36(30)32(38)24-18-19-26-27(20-24)34(40)35(33(26)39)28-17-9-15-21-10-7-8-16-25(21)28/h1-20,29-30H/t29-,30-,36?/m0/s1. The van der Waals surface area contributed by atoms with Gasteiger partial charge in [0.2, 0.25) is 0 Å². The predicted molar refractivity (Wildman–Crippen MR) is 151 cm³/mol. The van der Waals surface area contributed by atoms with Crippen molar-refractivity contribution >= 4 is 40.0 Å². The summed E-state index contributed by atoms with van der Waals surface area (Å²) in [6.07, 6.45) is 0. The van der Waals surface area contributed by atoms with Gasteiger partial charge in [0.15, 0.2) is 5.78 Å². The fourth-order valence-corrected chi connectivity index (χ4v) is 5.66. The zero-order chi connectivity index (χ0) is 27.4. The summed E-state index contributed by atoms with van der Waals surface area (Å²) in [4.78, 5) is 56.9. The number of benzene rings is 5. The second kappa shape index (κ2) is 9.13. The summed E-state index contributed by atoms with van der Waals surface area (Å²) < 4.78 is 0. The second-order valence-electron chi connectivity index (χ2n) is 9.95. The van der Waals surface area contributed by atoms with E-state index in [-0.39, 0.29) is 28.4 Å². The highest BCUT2D eigenvalue weighted by Crippen LogP contribution is 2.46. The van der Waals surface area contributed by atoms with Crippen LogP contribution in [0.1, 0.15) is 53.0 Å². The summed E-state index contributed by atoms with van der Waals surface area (Å²) in [7, 11) is 0. The van der Waals surface area contributed by atoms with Crippen molar-refractivity contribution in [2.75, 3.05) is 4.90 Å². The number of carbonyl (C=O) groups is 4. The third kappa shape index (κ3) is 3.65. The second-order valence-corrected chi connectivity index (χ2v) is 9.95. The van der Waals surface area contributed by atoms with E-state index in [0.29, 0.717) is 11.3 Å². The van der Waals surface area contributed by atoms with Crippen molar-refractivity contribution in [3.8, 4) is 0 Å². The third-order valence-electron chi connectivity index (χ3n) is 7.65. The molecule has 1 fully saturated rings. The van der Waals surface area contributed by atoms with Crippen LogP contribution in [-0.2, 0) is 0 Å². The van der Waals surface area contributed by atoms with Gasteiger partial charge >= 0.3 is 0 Å². The molecule has 0 aromatic heterocycles. The third-order valence-corrected chi connectivity index (χ3v) is 7.65. The first kappa shape index (κ1) is 23.7. The molecule has 0 saturated carbocycles. The van der Waals surface area contributed by atoms with Crippen molar-refractivity contribution in [2.24, 2.45) is 0 Å². The molecule has 0 spiro atoms. The summed E-state index contributed by atoms with van der Waals surface area (Å²) in [6.45, 7) is 0. The van der Waals surface area contributed by atoms with E-state index in [2.05, 4.69) is 0 Å². The van der Waals surface area contributed by atoms with E-state index in [1.807, 2.05) is 72.8 Å². The summed E-state index contributed by atoms with van der Waals surface area (Å²) >= 11 is 0. The van der Waals surface area contributed by atoms with Crippen molar-refractivity contribution in [3.05, 3.63) is 149 Å². The quantitative estimate of drug-likeness (QED) is 0.159. The number of hydrogen-bond donors (Lipinski definition) is 0. The average molecular weight is 523 g/mol. The van der Waals surface area contributed by atoms with Gasteiger partial charge in [-0.2, -0.15) is 0 Å². The number of carbonyl (C=O) groups excluding carboxylic acids is 4. The van der Waals surface area contributed by atoms with E-state index in [1.54, 1.807) is 41.3 Å². The van der Waals surface area contributed by atoms with Crippen molar-refractivity contribution in [2.45, 2.75) is 12.1 Å². The van der Waals surface area contributed by atoms with Crippen LogP contribution in [0, 0.1) is 0 Å². The van der Waals surface area contributed by atoms with Gasteiger partial charge in [0, 0.05) is 16.5 Å². The maximum Gasteiger partial charge on any atom is 0.266 e. The summed E-state index contributed by atoms with van der Waals surface area (Å²) in [5, 5.41) is 1.70. The Morgan fingerprint density at radius 2 is 1.25 bits per heavy atom. The number of fused-ring (bicyclic) bond motifs is 2. The first-order valence-corrected chi connectivity index (χ1v) is 13.0. The minimum Gasteiger partial charge on any atom is -0.316 e. The Balaban J connectivity index is 1.23. The molecule has 192 valence electrons. The number of ketones is 1. The summed E-state index contributed by atoms with van der Waals surface area (Å²) in [5.41, 5.74) is 2.57. The lowest BCUT2D eigenvalue weighted by Gasteiger charge is -2.16. The monoisotopic (exact) mass is 522 g/mol. The molecule has 0 unspecified atom stereocenters. The molecule has 6 nitrogen and oxygen atoms in total. The lowest BCUT2D eigenvalue weighted by atomic mass is 10.0. The molecule has 2 aliphatic heterocycles. The van der Waals surface area contributed by atoms with Crippen molar-refractivity contribution in [1.82, 2.24) is 4.90 Å². The molecule has 1 saturated heterocycles. The topological polar surface area (TPSA) is 74.5 Å². The number of imide groups is 1. The minimum atomic E-state index is -0.657. The smallest absolute Gasteiger partial charge is 0.266 e. The Morgan fingerprint density at radius 3 is 2.02 bits per heavy atom. The van der Waals surface area contributed by atoms with Gasteiger partial charge in [-0.15, -0.1) is 0 Å². The first-order chi connectivity index (χ1) is 19.5. The van der Waals surface area contributed by atoms with E-state index in [9.17, 15) is 19.2 Å². The Morgan fingerprint density at radius 1 is 0.600 bits per heavy atom. The first-order valence-electron chi connectivity index (χ1n) is 13.0. The zero-order valence-corrected chi connectivity index (χ0v) is 21.2. The fraction of sp³-hybridized carbons (Fsp3) is 0.0588. The SMILES string of the molecule is O=C(c1ccccc1)[C@@H]1[C@H](c2ccccc2)N1C(=O)c1ccc2c(c1)C(=O)N(c1cccc3ccccc13)C2=O. The van der Waals surface area contributed by atoms with E-state index >= 15 is 0 Å². The predicted octanol–water partition coefficient (Wildman–Crippen LogP) is 6.09. The van der Waals surface area contributed by atoms with Crippen LogP contribution in [0.15, 0.2) is 121 Å². The Hall–Kier alpha value is -5.36. The van der Waals surface area contributed by atoms with E-state index in [1.165, 1.54) is 17.0 Å². The normalized spacial score (nSPS) is 17.7. The van der Waals surface area contributed by atoms with Crippen LogP contribution in [0.3, 0.4) is 0 Å². The van der Waals surface area contributed by atoms with Crippen LogP contribution in [0.5, 0.6) is 0 Å².